The number of rotatable bonds is 8. The van der Waals surface area contributed by atoms with Crippen molar-refractivity contribution in [2.75, 3.05) is 28.4 Å². The van der Waals surface area contributed by atoms with Crippen molar-refractivity contribution in [1.29, 1.82) is 0 Å². The number of hydrogen-bond acceptors (Lipinski definition) is 8. The molecule has 2 rings (SSSR count). The summed E-state index contributed by atoms with van der Waals surface area (Å²) in [6.45, 7) is 16.2. The molecule has 0 aliphatic carbocycles. The van der Waals surface area contributed by atoms with E-state index in [-0.39, 0.29) is 41.6 Å². The van der Waals surface area contributed by atoms with Gasteiger partial charge in [0.15, 0.2) is 5.79 Å². The Bertz CT molecular complexity index is 1070. The molecule has 0 aromatic carbocycles. The van der Waals surface area contributed by atoms with Gasteiger partial charge >= 0.3 is 5.97 Å². The van der Waals surface area contributed by atoms with Gasteiger partial charge in [0.2, 0.25) is 5.76 Å². The number of ether oxygens (including phenoxy) is 6. The van der Waals surface area contributed by atoms with Crippen LogP contribution in [0.5, 0.6) is 0 Å². The van der Waals surface area contributed by atoms with Crippen LogP contribution in [0.15, 0.2) is 58.9 Å². The monoisotopic (exact) mass is 618 g/mol. The molecule has 10 atom stereocenters. The van der Waals surface area contributed by atoms with E-state index in [0.717, 1.165) is 29.6 Å². The standard InChI is InChI=1S/C36H58O8/c1-13-29-28(8)32(41-11)21-36(42-12,44-29)27(7)20-26(6)34-30(39-9)16-14-15-22(2)17-24(4)33(37)25(5)18-23(3)19-31(40-10)35(38)43-34/h14-16,18-20,24-26,28-30,32-34,37H,13,17,21H2,1-12H3. The summed E-state index contributed by atoms with van der Waals surface area (Å²) in [7, 11) is 6.44. The summed E-state index contributed by atoms with van der Waals surface area (Å²) in [5, 5.41) is 10.9. The Morgan fingerprint density at radius 1 is 1.16 bits per heavy atom. The second-order valence-electron chi connectivity index (χ2n) is 12.7. The molecule has 250 valence electrons. The molecule has 0 saturated carbocycles. The van der Waals surface area contributed by atoms with Crippen LogP contribution in [0.4, 0.5) is 0 Å². The molecule has 8 heteroatoms. The summed E-state index contributed by atoms with van der Waals surface area (Å²) in [4.78, 5) is 13.5. The topological polar surface area (TPSA) is 92.7 Å². The Hall–Kier alpha value is -2.23. The van der Waals surface area contributed by atoms with E-state index < -0.39 is 30.1 Å². The van der Waals surface area contributed by atoms with Crippen LogP contribution in [0.25, 0.3) is 0 Å². The highest BCUT2D eigenvalue weighted by molar-refractivity contribution is 5.87. The fraction of sp³-hybridized carbons (Fsp3) is 0.694. The minimum atomic E-state index is -0.972. The summed E-state index contributed by atoms with van der Waals surface area (Å²) in [6, 6.07) is 0. The van der Waals surface area contributed by atoms with E-state index in [2.05, 4.69) is 20.8 Å². The van der Waals surface area contributed by atoms with Crippen molar-refractivity contribution in [3.63, 3.8) is 0 Å². The third kappa shape index (κ3) is 9.63. The first-order valence-corrected chi connectivity index (χ1v) is 15.9. The van der Waals surface area contributed by atoms with E-state index in [1.54, 1.807) is 27.4 Å². The van der Waals surface area contributed by atoms with E-state index in [9.17, 15) is 9.90 Å². The average Bonchev–Trinajstić information content (AvgIpc) is 2.99. The molecule has 1 saturated heterocycles. The summed E-state index contributed by atoms with van der Waals surface area (Å²) in [6.07, 6.45) is 11.8. The average molecular weight is 619 g/mol. The van der Waals surface area contributed by atoms with Crippen molar-refractivity contribution in [3.8, 4) is 0 Å². The summed E-state index contributed by atoms with van der Waals surface area (Å²) in [5.41, 5.74) is 2.80. The first-order valence-electron chi connectivity index (χ1n) is 15.9. The van der Waals surface area contributed by atoms with Gasteiger partial charge in [-0.15, -0.1) is 0 Å². The normalized spacial score (nSPS) is 35.7. The van der Waals surface area contributed by atoms with E-state index in [0.29, 0.717) is 6.42 Å². The van der Waals surface area contributed by atoms with Crippen molar-refractivity contribution in [3.05, 3.63) is 58.9 Å². The van der Waals surface area contributed by atoms with Crippen LogP contribution in [-0.4, -0.2) is 75.8 Å². The number of aliphatic hydroxyl groups is 1. The fourth-order valence-electron chi connectivity index (χ4n) is 6.50. The molecule has 0 aromatic heterocycles. The van der Waals surface area contributed by atoms with Crippen molar-refractivity contribution in [2.24, 2.45) is 23.7 Å². The zero-order chi connectivity index (χ0) is 33.2. The first-order chi connectivity index (χ1) is 20.8. The molecule has 2 heterocycles. The van der Waals surface area contributed by atoms with E-state index in [4.69, 9.17) is 28.4 Å². The lowest BCUT2D eigenvalue weighted by molar-refractivity contribution is -0.282. The van der Waals surface area contributed by atoms with Gasteiger partial charge < -0.3 is 33.5 Å². The highest BCUT2D eigenvalue weighted by atomic mass is 16.7. The highest BCUT2D eigenvalue weighted by Gasteiger charge is 2.47. The Balaban J connectivity index is 2.58. The van der Waals surface area contributed by atoms with Gasteiger partial charge in [0.25, 0.3) is 0 Å². The summed E-state index contributed by atoms with van der Waals surface area (Å²) < 4.78 is 36.1. The second-order valence-corrected chi connectivity index (χ2v) is 12.7. The lowest BCUT2D eigenvalue weighted by Gasteiger charge is -2.47. The first kappa shape index (κ1) is 38.0. The number of allylic oxidation sites excluding steroid dienone is 5. The lowest BCUT2D eigenvalue weighted by atomic mass is 9.83. The Morgan fingerprint density at radius 3 is 2.41 bits per heavy atom. The molecular weight excluding hydrogens is 560 g/mol. The smallest absolute Gasteiger partial charge is 0.373 e. The quantitative estimate of drug-likeness (QED) is 0.237. The van der Waals surface area contributed by atoms with Gasteiger partial charge in [0, 0.05) is 45.5 Å². The predicted molar refractivity (Wildman–Crippen MR) is 174 cm³/mol. The Labute approximate surface area is 266 Å². The van der Waals surface area contributed by atoms with Crippen LogP contribution in [0.2, 0.25) is 0 Å². The third-order valence-electron chi connectivity index (χ3n) is 9.24. The third-order valence-corrected chi connectivity index (χ3v) is 9.24. The molecule has 10 unspecified atom stereocenters. The molecule has 44 heavy (non-hydrogen) atoms. The zero-order valence-electron chi connectivity index (χ0n) is 29.1. The van der Waals surface area contributed by atoms with E-state index in [1.807, 2.05) is 65.0 Å². The van der Waals surface area contributed by atoms with Gasteiger partial charge in [-0.25, -0.2) is 4.79 Å². The largest absolute Gasteiger partial charge is 0.490 e. The lowest BCUT2D eigenvalue weighted by Crippen LogP contribution is -2.53. The molecule has 1 N–H and O–H groups in total. The van der Waals surface area contributed by atoms with Crippen LogP contribution in [0.1, 0.15) is 74.7 Å². The van der Waals surface area contributed by atoms with Gasteiger partial charge in [-0.1, -0.05) is 76.1 Å². The molecule has 0 radical (unpaired) electrons. The summed E-state index contributed by atoms with van der Waals surface area (Å²) >= 11 is 0. The molecule has 2 aliphatic rings. The molecule has 0 amide bonds. The van der Waals surface area contributed by atoms with Crippen molar-refractivity contribution >= 4 is 5.97 Å². The van der Waals surface area contributed by atoms with Crippen molar-refractivity contribution < 1.29 is 38.3 Å². The molecule has 0 spiro atoms. The van der Waals surface area contributed by atoms with Crippen LogP contribution < -0.4 is 0 Å². The van der Waals surface area contributed by atoms with Gasteiger partial charge in [-0.05, 0) is 51.2 Å². The van der Waals surface area contributed by atoms with Crippen LogP contribution in [0.3, 0.4) is 0 Å². The molecule has 1 fully saturated rings. The maximum Gasteiger partial charge on any atom is 0.373 e. The Morgan fingerprint density at radius 2 is 1.84 bits per heavy atom. The van der Waals surface area contributed by atoms with E-state index in [1.165, 1.54) is 7.11 Å². The zero-order valence-corrected chi connectivity index (χ0v) is 29.1. The fourth-order valence-corrected chi connectivity index (χ4v) is 6.50. The Kier molecular flexibility index (Phi) is 15.1. The number of hydrogen-bond donors (Lipinski definition) is 1. The highest BCUT2D eigenvalue weighted by Crippen LogP contribution is 2.41. The maximum atomic E-state index is 13.5. The van der Waals surface area contributed by atoms with Gasteiger partial charge in [0.05, 0.1) is 25.4 Å². The maximum absolute atomic E-state index is 13.5. The van der Waals surface area contributed by atoms with Crippen LogP contribution in [-0.2, 0) is 33.2 Å². The number of methoxy groups -OCH3 is 4. The van der Waals surface area contributed by atoms with Gasteiger partial charge in [-0.3, -0.25) is 0 Å². The van der Waals surface area contributed by atoms with Crippen molar-refractivity contribution in [2.45, 2.75) is 111 Å². The number of aliphatic hydroxyl groups excluding tert-OH is 1. The summed E-state index contributed by atoms with van der Waals surface area (Å²) in [5.74, 6) is -1.65. The van der Waals surface area contributed by atoms with Crippen LogP contribution >= 0.6 is 0 Å². The van der Waals surface area contributed by atoms with Crippen molar-refractivity contribution in [1.82, 2.24) is 0 Å². The molecule has 8 nitrogen and oxygen atoms in total. The SMILES string of the molecule is CCC1OC(OC)(C(C)=CC(C)C2OC(=O)C(OC)=CC(C)=CC(C)C(O)C(C)CC(C)=CC=CC2OC)CC(OC)C1C. The van der Waals surface area contributed by atoms with Crippen LogP contribution in [0, 0.1) is 23.7 Å². The molecule has 0 bridgehead atoms. The number of cyclic esters (lactones) is 1. The molecule has 2 aliphatic heterocycles. The minimum absolute atomic E-state index is 0.0327. The van der Waals surface area contributed by atoms with E-state index >= 15 is 0 Å². The predicted octanol–water partition coefficient (Wildman–Crippen LogP) is 6.70. The molecular formula is C36H58O8. The number of esters is 1. The second kappa shape index (κ2) is 17.5. The number of carbonyl (C=O) groups is 1. The minimum Gasteiger partial charge on any atom is -0.490 e. The number of carbonyl (C=O) groups excluding carboxylic acids is 1. The molecule has 0 aromatic rings. The van der Waals surface area contributed by atoms with Gasteiger partial charge in [-0.2, -0.15) is 0 Å². The van der Waals surface area contributed by atoms with Gasteiger partial charge in [0.1, 0.15) is 12.2 Å².